The number of urea groups is 1. The number of amides is 4. The molecule has 1 atom stereocenters. The first-order valence-corrected chi connectivity index (χ1v) is 8.28. The Kier molecular flexibility index (Phi) is 6.02. The Morgan fingerprint density at radius 2 is 2.04 bits per heavy atom. The van der Waals surface area contributed by atoms with Gasteiger partial charge in [-0.3, -0.25) is 14.5 Å². The molecule has 1 fully saturated rings. The summed E-state index contributed by atoms with van der Waals surface area (Å²) in [6, 6.07) is 7.12. The van der Waals surface area contributed by atoms with Gasteiger partial charge in [0, 0.05) is 6.54 Å². The third-order valence-corrected chi connectivity index (χ3v) is 4.68. The van der Waals surface area contributed by atoms with Gasteiger partial charge in [0.15, 0.2) is 0 Å². The topological polar surface area (TPSA) is 105 Å². The van der Waals surface area contributed by atoms with Crippen LogP contribution in [-0.4, -0.2) is 42.4 Å². The Morgan fingerprint density at radius 1 is 1.28 bits per heavy atom. The van der Waals surface area contributed by atoms with E-state index in [1.807, 2.05) is 24.3 Å². The summed E-state index contributed by atoms with van der Waals surface area (Å²) in [4.78, 5) is 38.1. The molecule has 1 heterocycles. The second-order valence-corrected chi connectivity index (χ2v) is 6.23. The van der Waals surface area contributed by atoms with E-state index in [0.717, 1.165) is 35.3 Å². The molecule has 136 valence electrons. The summed E-state index contributed by atoms with van der Waals surface area (Å²) >= 11 is 0. The molecule has 0 radical (unpaired) electrons. The summed E-state index contributed by atoms with van der Waals surface area (Å²) in [5, 5.41) is 5.52. The number of nitrogens with two attached hydrogens (primary N) is 1. The summed E-state index contributed by atoms with van der Waals surface area (Å²) in [7, 11) is 0. The smallest absolute Gasteiger partial charge is 0.325 e. The van der Waals surface area contributed by atoms with Crippen LogP contribution >= 0.6 is 12.4 Å². The number of rotatable bonds is 6. The highest BCUT2D eigenvalue weighted by molar-refractivity contribution is 6.09. The zero-order valence-corrected chi connectivity index (χ0v) is 14.7. The first kappa shape index (κ1) is 19.2. The Hall–Kier alpha value is -2.12. The van der Waals surface area contributed by atoms with Crippen LogP contribution < -0.4 is 16.4 Å². The molecule has 1 saturated heterocycles. The van der Waals surface area contributed by atoms with Crippen LogP contribution in [0.1, 0.15) is 30.4 Å². The van der Waals surface area contributed by atoms with Gasteiger partial charge in [-0.25, -0.2) is 4.79 Å². The molecular weight excluding hydrogens is 344 g/mol. The number of carbonyl (C=O) groups excluding carboxylic acids is 3. The number of benzene rings is 1. The number of aryl methyl sites for hydroxylation is 1. The molecule has 7 nitrogen and oxygen atoms in total. The lowest BCUT2D eigenvalue weighted by Crippen LogP contribution is -2.44. The first-order chi connectivity index (χ1) is 11.6. The largest absolute Gasteiger partial charge is 0.355 e. The van der Waals surface area contributed by atoms with Crippen molar-refractivity contribution in [3.63, 3.8) is 0 Å². The molecule has 8 heteroatoms. The van der Waals surface area contributed by atoms with Crippen LogP contribution in [0.15, 0.2) is 24.3 Å². The standard InChI is InChI=1S/C17H22N4O3.ClH/c18-9-3-4-10-19-14(22)11-21-15(23)17(20-16(21)24)8-7-12-5-1-2-6-13(12)17;/h1-2,5-6H,3-4,7-11,18H2,(H,19,22)(H,20,24);1H. The minimum absolute atomic E-state index is 0. The van der Waals surface area contributed by atoms with E-state index in [2.05, 4.69) is 10.6 Å². The number of unbranched alkanes of at least 4 members (excludes halogenated alkanes) is 1. The molecule has 25 heavy (non-hydrogen) atoms. The molecule has 3 rings (SSSR count). The Balaban J connectivity index is 0.00000225. The number of fused-ring (bicyclic) bond motifs is 2. The van der Waals surface area contributed by atoms with Crippen molar-refractivity contribution in [2.75, 3.05) is 19.6 Å². The van der Waals surface area contributed by atoms with Crippen LogP contribution in [0.5, 0.6) is 0 Å². The third kappa shape index (κ3) is 3.48. The van der Waals surface area contributed by atoms with E-state index in [1.54, 1.807) is 0 Å². The zero-order chi connectivity index (χ0) is 17.2. The van der Waals surface area contributed by atoms with Gasteiger partial charge in [-0.15, -0.1) is 12.4 Å². The molecule has 1 aromatic rings. The van der Waals surface area contributed by atoms with E-state index in [-0.39, 0.29) is 30.8 Å². The number of nitrogens with zero attached hydrogens (tertiary/aromatic N) is 1. The predicted molar refractivity (Wildman–Crippen MR) is 95.2 cm³/mol. The molecule has 0 bridgehead atoms. The van der Waals surface area contributed by atoms with Crippen molar-refractivity contribution in [2.45, 2.75) is 31.2 Å². The Labute approximate surface area is 152 Å². The lowest BCUT2D eigenvalue weighted by molar-refractivity contribution is -0.135. The summed E-state index contributed by atoms with van der Waals surface area (Å²) < 4.78 is 0. The normalized spacial score (nSPS) is 21.1. The van der Waals surface area contributed by atoms with Crippen molar-refractivity contribution >= 4 is 30.3 Å². The summed E-state index contributed by atoms with van der Waals surface area (Å²) in [5.41, 5.74) is 6.30. The second kappa shape index (κ2) is 7.84. The van der Waals surface area contributed by atoms with Crippen molar-refractivity contribution in [3.8, 4) is 0 Å². The van der Waals surface area contributed by atoms with Crippen LogP contribution in [-0.2, 0) is 21.5 Å². The summed E-state index contributed by atoms with van der Waals surface area (Å²) in [5.74, 6) is -0.673. The Bertz CT molecular complexity index is 682. The number of nitrogens with one attached hydrogen (secondary N) is 2. The minimum Gasteiger partial charge on any atom is -0.355 e. The van der Waals surface area contributed by atoms with Crippen LogP contribution in [0.4, 0.5) is 4.79 Å². The van der Waals surface area contributed by atoms with E-state index in [4.69, 9.17) is 5.73 Å². The van der Waals surface area contributed by atoms with Crippen molar-refractivity contribution in [3.05, 3.63) is 35.4 Å². The lowest BCUT2D eigenvalue weighted by atomic mass is 9.92. The van der Waals surface area contributed by atoms with Gasteiger partial charge in [0.2, 0.25) is 5.91 Å². The quantitative estimate of drug-likeness (QED) is 0.508. The molecule has 2 aliphatic rings. The monoisotopic (exact) mass is 366 g/mol. The maximum atomic E-state index is 12.9. The molecule has 1 unspecified atom stereocenters. The molecule has 0 saturated carbocycles. The van der Waals surface area contributed by atoms with Gasteiger partial charge in [0.05, 0.1) is 0 Å². The second-order valence-electron chi connectivity index (χ2n) is 6.23. The van der Waals surface area contributed by atoms with Gasteiger partial charge < -0.3 is 16.4 Å². The zero-order valence-electron chi connectivity index (χ0n) is 13.9. The Morgan fingerprint density at radius 3 is 2.80 bits per heavy atom. The number of hydrogen-bond acceptors (Lipinski definition) is 4. The fourth-order valence-electron chi connectivity index (χ4n) is 3.43. The van der Waals surface area contributed by atoms with Gasteiger partial charge in [0.1, 0.15) is 12.1 Å². The van der Waals surface area contributed by atoms with Crippen molar-refractivity contribution in [1.29, 1.82) is 0 Å². The van der Waals surface area contributed by atoms with E-state index in [0.29, 0.717) is 19.5 Å². The lowest BCUT2D eigenvalue weighted by Gasteiger charge is -2.22. The van der Waals surface area contributed by atoms with Gasteiger partial charge in [-0.05, 0) is 43.4 Å². The predicted octanol–water partition coefficient (Wildman–Crippen LogP) is 0.657. The number of imide groups is 1. The van der Waals surface area contributed by atoms with Gasteiger partial charge in [-0.1, -0.05) is 24.3 Å². The molecular formula is C17H23ClN4O3. The summed E-state index contributed by atoms with van der Waals surface area (Å²) in [6.07, 6.45) is 2.87. The molecule has 4 amide bonds. The fourth-order valence-corrected chi connectivity index (χ4v) is 3.43. The number of carbonyl (C=O) groups is 3. The van der Waals surface area contributed by atoms with Crippen molar-refractivity contribution in [2.24, 2.45) is 5.73 Å². The number of halogens is 1. The number of hydrogen-bond donors (Lipinski definition) is 3. The maximum Gasteiger partial charge on any atom is 0.325 e. The van der Waals surface area contributed by atoms with E-state index in [1.165, 1.54) is 0 Å². The van der Waals surface area contributed by atoms with Crippen LogP contribution in [0, 0.1) is 0 Å². The highest BCUT2D eigenvalue weighted by Gasteiger charge is 2.55. The SMILES string of the molecule is Cl.NCCCCNC(=O)CN1C(=O)NC2(CCc3ccccc32)C1=O. The van der Waals surface area contributed by atoms with Crippen molar-refractivity contribution in [1.82, 2.24) is 15.5 Å². The summed E-state index contributed by atoms with van der Waals surface area (Å²) in [6.45, 7) is 0.815. The van der Waals surface area contributed by atoms with Crippen LogP contribution in [0.2, 0.25) is 0 Å². The molecule has 0 aromatic heterocycles. The van der Waals surface area contributed by atoms with Crippen molar-refractivity contribution < 1.29 is 14.4 Å². The van der Waals surface area contributed by atoms with E-state index < -0.39 is 11.6 Å². The molecule has 4 N–H and O–H groups in total. The van der Waals surface area contributed by atoms with Gasteiger partial charge in [-0.2, -0.15) is 0 Å². The molecule has 1 aliphatic heterocycles. The average Bonchev–Trinajstić information content (AvgIpc) is 3.06. The van der Waals surface area contributed by atoms with E-state index >= 15 is 0 Å². The fraction of sp³-hybridized carbons (Fsp3) is 0.471. The van der Waals surface area contributed by atoms with Gasteiger partial charge in [0.25, 0.3) is 5.91 Å². The highest BCUT2D eigenvalue weighted by atomic mass is 35.5. The third-order valence-electron chi connectivity index (χ3n) is 4.68. The molecule has 1 spiro atoms. The molecule has 1 aliphatic carbocycles. The van der Waals surface area contributed by atoms with E-state index in [9.17, 15) is 14.4 Å². The highest BCUT2D eigenvalue weighted by Crippen LogP contribution is 2.41. The van der Waals surface area contributed by atoms with Crippen LogP contribution in [0.25, 0.3) is 0 Å². The average molecular weight is 367 g/mol. The molecule has 1 aromatic carbocycles. The van der Waals surface area contributed by atoms with Gasteiger partial charge >= 0.3 is 6.03 Å². The van der Waals surface area contributed by atoms with Crippen LogP contribution in [0.3, 0.4) is 0 Å². The first-order valence-electron chi connectivity index (χ1n) is 8.28. The minimum atomic E-state index is -1.01. The maximum absolute atomic E-state index is 12.9.